The van der Waals surface area contributed by atoms with Gasteiger partial charge in [0.15, 0.2) is 5.96 Å². The minimum atomic E-state index is 0.850. The Morgan fingerprint density at radius 2 is 2.04 bits per heavy atom. The second-order valence-corrected chi connectivity index (χ2v) is 7.29. The summed E-state index contributed by atoms with van der Waals surface area (Å²) in [7, 11) is 3.58. The van der Waals surface area contributed by atoms with Crippen molar-refractivity contribution in [3.05, 3.63) is 40.3 Å². The Hall–Kier alpha value is -2.28. The van der Waals surface area contributed by atoms with E-state index in [2.05, 4.69) is 42.6 Å². The number of methoxy groups -OCH3 is 1. The van der Waals surface area contributed by atoms with Gasteiger partial charge in [0.05, 0.1) is 23.5 Å². The van der Waals surface area contributed by atoms with Crippen molar-refractivity contribution in [2.24, 2.45) is 4.99 Å². The lowest BCUT2D eigenvalue weighted by Crippen LogP contribution is -2.52. The highest BCUT2D eigenvalue weighted by atomic mass is 32.1. The molecule has 1 aliphatic heterocycles. The first kappa shape index (κ1) is 18.5. The standard InChI is InChI=1S/C19H27N5OS/c1-15-22-16(14-26-15)8-9-21-19(20-2)24-12-10-23(11-13-24)17-6-4-5-7-18(17)25-3/h4-7,14H,8-13H2,1-3H3,(H,20,21). The third-order valence-electron chi connectivity index (χ3n) is 4.55. The van der Waals surface area contributed by atoms with E-state index in [0.717, 1.165) is 67.2 Å². The highest BCUT2D eigenvalue weighted by Gasteiger charge is 2.21. The highest BCUT2D eigenvalue weighted by Crippen LogP contribution is 2.28. The van der Waals surface area contributed by atoms with E-state index < -0.39 is 0 Å². The van der Waals surface area contributed by atoms with Crippen LogP contribution in [0.3, 0.4) is 0 Å². The van der Waals surface area contributed by atoms with Crippen molar-refractivity contribution in [1.29, 1.82) is 0 Å². The number of hydrogen-bond donors (Lipinski definition) is 1. The molecule has 1 aromatic heterocycles. The zero-order valence-electron chi connectivity index (χ0n) is 15.7. The minimum absolute atomic E-state index is 0.850. The van der Waals surface area contributed by atoms with Crippen molar-refractivity contribution in [2.45, 2.75) is 13.3 Å². The molecule has 1 fully saturated rings. The van der Waals surface area contributed by atoms with Crippen molar-refractivity contribution in [1.82, 2.24) is 15.2 Å². The van der Waals surface area contributed by atoms with Crippen molar-refractivity contribution in [3.8, 4) is 5.75 Å². The number of aromatic nitrogens is 1. The Bertz CT molecular complexity index is 737. The number of piperazine rings is 1. The summed E-state index contributed by atoms with van der Waals surface area (Å²) in [4.78, 5) is 13.7. The number of anilines is 1. The number of ether oxygens (including phenoxy) is 1. The topological polar surface area (TPSA) is 53.0 Å². The van der Waals surface area contributed by atoms with Crippen LogP contribution < -0.4 is 15.0 Å². The molecule has 6 nitrogen and oxygen atoms in total. The second kappa shape index (κ2) is 8.89. The molecule has 140 valence electrons. The number of aliphatic imine (C=N–C) groups is 1. The number of aryl methyl sites for hydroxylation is 1. The Morgan fingerprint density at radius 3 is 2.69 bits per heavy atom. The number of nitrogens with zero attached hydrogens (tertiary/aromatic N) is 4. The monoisotopic (exact) mass is 373 g/mol. The lowest BCUT2D eigenvalue weighted by Gasteiger charge is -2.38. The molecule has 2 aromatic rings. The van der Waals surface area contributed by atoms with Crippen LogP contribution in [0.5, 0.6) is 5.75 Å². The molecule has 0 unspecified atom stereocenters. The average Bonchev–Trinajstić information content (AvgIpc) is 3.10. The van der Waals surface area contributed by atoms with Gasteiger partial charge >= 0.3 is 0 Å². The molecule has 1 N–H and O–H groups in total. The Balaban J connectivity index is 1.51. The van der Waals surface area contributed by atoms with Crippen LogP contribution in [0.15, 0.2) is 34.6 Å². The van der Waals surface area contributed by atoms with Crippen LogP contribution in [0.25, 0.3) is 0 Å². The summed E-state index contributed by atoms with van der Waals surface area (Å²) >= 11 is 1.70. The van der Waals surface area contributed by atoms with E-state index in [1.807, 2.05) is 26.1 Å². The molecule has 7 heteroatoms. The first-order valence-electron chi connectivity index (χ1n) is 8.96. The van der Waals surface area contributed by atoms with Crippen molar-refractivity contribution in [3.63, 3.8) is 0 Å². The smallest absolute Gasteiger partial charge is 0.193 e. The largest absolute Gasteiger partial charge is 0.495 e. The Kier molecular flexibility index (Phi) is 6.33. The SMILES string of the molecule is CN=C(NCCc1csc(C)n1)N1CCN(c2ccccc2OC)CC1. The van der Waals surface area contributed by atoms with Gasteiger partial charge in [-0.3, -0.25) is 4.99 Å². The number of hydrogen-bond acceptors (Lipinski definition) is 5. The number of rotatable bonds is 5. The summed E-state index contributed by atoms with van der Waals surface area (Å²) in [6, 6.07) is 8.21. The van der Waals surface area contributed by atoms with Crippen LogP contribution >= 0.6 is 11.3 Å². The number of nitrogens with one attached hydrogen (secondary N) is 1. The molecule has 1 saturated heterocycles. The maximum atomic E-state index is 5.49. The number of benzene rings is 1. The van der Waals surface area contributed by atoms with E-state index in [0.29, 0.717) is 0 Å². The minimum Gasteiger partial charge on any atom is -0.495 e. The lowest BCUT2D eigenvalue weighted by molar-refractivity contribution is 0.367. The molecule has 0 amide bonds. The van der Waals surface area contributed by atoms with Crippen molar-refractivity contribution >= 4 is 23.0 Å². The molecule has 0 bridgehead atoms. The maximum Gasteiger partial charge on any atom is 0.193 e. The molecular formula is C19H27N5OS. The van der Waals surface area contributed by atoms with Gasteiger partial charge in [0.2, 0.25) is 0 Å². The normalized spacial score (nSPS) is 15.3. The van der Waals surface area contributed by atoms with Gasteiger partial charge in [-0.15, -0.1) is 11.3 Å². The van der Waals surface area contributed by atoms with E-state index in [9.17, 15) is 0 Å². The van der Waals surface area contributed by atoms with Crippen molar-refractivity contribution < 1.29 is 4.74 Å². The molecule has 1 aliphatic rings. The zero-order valence-corrected chi connectivity index (χ0v) is 16.6. The summed E-state index contributed by atoms with van der Waals surface area (Å²) in [6.07, 6.45) is 0.921. The summed E-state index contributed by atoms with van der Waals surface area (Å²) < 4.78 is 5.49. The van der Waals surface area contributed by atoms with Gasteiger partial charge in [-0.05, 0) is 19.1 Å². The quantitative estimate of drug-likeness (QED) is 0.644. The highest BCUT2D eigenvalue weighted by molar-refractivity contribution is 7.09. The van der Waals surface area contributed by atoms with Crippen LogP contribution in [0.1, 0.15) is 10.7 Å². The molecule has 0 radical (unpaired) electrons. The number of thiazole rings is 1. The number of para-hydroxylation sites is 2. The second-order valence-electron chi connectivity index (χ2n) is 6.23. The Morgan fingerprint density at radius 1 is 1.27 bits per heavy atom. The lowest BCUT2D eigenvalue weighted by atomic mass is 10.2. The van der Waals surface area contributed by atoms with Crippen LogP contribution in [-0.4, -0.2) is 62.7 Å². The zero-order chi connectivity index (χ0) is 18.4. The van der Waals surface area contributed by atoms with E-state index >= 15 is 0 Å². The van der Waals surface area contributed by atoms with Gasteiger partial charge in [0.1, 0.15) is 5.75 Å². The number of guanidine groups is 1. The molecule has 2 heterocycles. The molecule has 0 aliphatic carbocycles. The first-order valence-corrected chi connectivity index (χ1v) is 9.84. The molecule has 3 rings (SSSR count). The fourth-order valence-corrected chi connectivity index (χ4v) is 3.86. The van der Waals surface area contributed by atoms with Gasteiger partial charge in [-0.25, -0.2) is 4.98 Å². The van der Waals surface area contributed by atoms with Gasteiger partial charge in [-0.1, -0.05) is 12.1 Å². The van der Waals surface area contributed by atoms with Crippen LogP contribution in [-0.2, 0) is 6.42 Å². The average molecular weight is 374 g/mol. The third kappa shape index (κ3) is 4.46. The Labute approximate surface area is 159 Å². The maximum absolute atomic E-state index is 5.49. The van der Waals surface area contributed by atoms with E-state index in [4.69, 9.17) is 4.74 Å². The molecule has 1 aromatic carbocycles. The summed E-state index contributed by atoms with van der Waals surface area (Å²) in [5.41, 5.74) is 2.31. The summed E-state index contributed by atoms with van der Waals surface area (Å²) in [5, 5.41) is 6.72. The molecule has 0 spiro atoms. The van der Waals surface area contributed by atoms with Gasteiger partial charge in [-0.2, -0.15) is 0 Å². The first-order chi connectivity index (χ1) is 12.7. The molecule has 0 atom stereocenters. The van der Waals surface area contributed by atoms with Gasteiger partial charge in [0, 0.05) is 51.6 Å². The molecule has 26 heavy (non-hydrogen) atoms. The van der Waals surface area contributed by atoms with Gasteiger partial charge < -0.3 is 19.9 Å². The van der Waals surface area contributed by atoms with Gasteiger partial charge in [0.25, 0.3) is 0 Å². The van der Waals surface area contributed by atoms with Crippen LogP contribution in [0, 0.1) is 6.92 Å². The fourth-order valence-electron chi connectivity index (χ4n) is 3.21. The van der Waals surface area contributed by atoms with Crippen molar-refractivity contribution in [2.75, 3.05) is 51.8 Å². The predicted molar refractivity (Wildman–Crippen MR) is 109 cm³/mol. The predicted octanol–water partition coefficient (Wildman–Crippen LogP) is 2.40. The van der Waals surface area contributed by atoms with Crippen LogP contribution in [0.2, 0.25) is 0 Å². The van der Waals surface area contributed by atoms with Crippen LogP contribution in [0.4, 0.5) is 5.69 Å². The molecular weight excluding hydrogens is 346 g/mol. The van der Waals surface area contributed by atoms with E-state index in [-0.39, 0.29) is 0 Å². The molecule has 0 saturated carbocycles. The summed E-state index contributed by atoms with van der Waals surface area (Å²) in [5.74, 6) is 1.90. The van der Waals surface area contributed by atoms with E-state index in [1.165, 1.54) is 0 Å². The van der Waals surface area contributed by atoms with E-state index in [1.54, 1.807) is 18.4 Å². The third-order valence-corrected chi connectivity index (χ3v) is 5.37. The fraction of sp³-hybridized carbons (Fsp3) is 0.474. The summed E-state index contributed by atoms with van der Waals surface area (Å²) in [6.45, 7) is 6.67.